The summed E-state index contributed by atoms with van der Waals surface area (Å²) in [6, 6.07) is 16.1. The van der Waals surface area contributed by atoms with Crippen molar-refractivity contribution in [1.82, 2.24) is 4.90 Å². The number of hydrogen-bond acceptors (Lipinski definition) is 5. The Morgan fingerprint density at radius 1 is 1.06 bits per heavy atom. The second-order valence-corrected chi connectivity index (χ2v) is 7.55. The Morgan fingerprint density at radius 2 is 1.68 bits per heavy atom. The molecule has 1 heterocycles. The molecule has 0 aliphatic carbocycles. The van der Waals surface area contributed by atoms with E-state index < -0.39 is 17.5 Å². The standard InChI is InChI=1S/C26H27NO4/c1-4-15-27(16-5-2)17-21(18(3)28)23(19-11-7-6-8-12-19)24-25(29)20-13-9-10-14-22(20)31-26(24)30/h4-14,21,23,29H,1-2,15-17H2,3H3/t21-,23-/m0/s1. The van der Waals surface area contributed by atoms with Gasteiger partial charge in [0.2, 0.25) is 0 Å². The van der Waals surface area contributed by atoms with Gasteiger partial charge in [-0.15, -0.1) is 13.2 Å². The molecule has 0 aliphatic rings. The van der Waals surface area contributed by atoms with E-state index in [9.17, 15) is 14.7 Å². The van der Waals surface area contributed by atoms with Gasteiger partial charge >= 0.3 is 5.63 Å². The lowest BCUT2D eigenvalue weighted by Gasteiger charge is -2.30. The highest BCUT2D eigenvalue weighted by Crippen LogP contribution is 2.39. The molecular formula is C26H27NO4. The lowest BCUT2D eigenvalue weighted by atomic mass is 9.78. The average molecular weight is 418 g/mol. The van der Waals surface area contributed by atoms with Gasteiger partial charge in [0.1, 0.15) is 17.1 Å². The Kier molecular flexibility index (Phi) is 7.21. The first kappa shape index (κ1) is 22.2. The fourth-order valence-electron chi connectivity index (χ4n) is 4.02. The molecule has 0 saturated heterocycles. The molecule has 0 spiro atoms. The number of ketones is 1. The van der Waals surface area contributed by atoms with Crippen LogP contribution in [0, 0.1) is 5.92 Å². The third-order valence-electron chi connectivity index (χ3n) is 5.44. The number of benzene rings is 2. The molecule has 0 aliphatic heterocycles. The van der Waals surface area contributed by atoms with Crippen LogP contribution in [0.5, 0.6) is 5.75 Å². The van der Waals surface area contributed by atoms with E-state index in [4.69, 9.17) is 4.42 Å². The van der Waals surface area contributed by atoms with Gasteiger partial charge in [-0.1, -0.05) is 54.6 Å². The topological polar surface area (TPSA) is 70.8 Å². The van der Waals surface area contributed by atoms with E-state index in [0.29, 0.717) is 30.6 Å². The summed E-state index contributed by atoms with van der Waals surface area (Å²) in [5.41, 5.74) is 0.523. The molecule has 1 N–H and O–H groups in total. The van der Waals surface area contributed by atoms with Gasteiger partial charge < -0.3 is 9.52 Å². The number of carbonyl (C=O) groups excluding carboxylic acids is 1. The smallest absolute Gasteiger partial charge is 0.343 e. The predicted octanol–water partition coefficient (Wildman–Crippen LogP) is 4.51. The first-order valence-electron chi connectivity index (χ1n) is 10.2. The van der Waals surface area contributed by atoms with E-state index in [1.807, 2.05) is 35.2 Å². The second kappa shape index (κ2) is 10.0. The molecule has 2 aromatic carbocycles. The fourth-order valence-corrected chi connectivity index (χ4v) is 4.02. The molecule has 0 amide bonds. The summed E-state index contributed by atoms with van der Waals surface area (Å²) >= 11 is 0. The molecule has 0 fully saturated rings. The number of Topliss-reactive ketones (excluding diaryl/α,β-unsaturated/α-hetero) is 1. The lowest BCUT2D eigenvalue weighted by Crippen LogP contribution is -2.37. The van der Waals surface area contributed by atoms with Gasteiger partial charge in [-0.05, 0) is 24.6 Å². The maximum atomic E-state index is 13.0. The van der Waals surface area contributed by atoms with Crippen molar-refractivity contribution >= 4 is 16.8 Å². The Labute approximate surface area is 181 Å². The largest absolute Gasteiger partial charge is 0.507 e. The molecule has 0 saturated carbocycles. The number of aromatic hydroxyl groups is 1. The Morgan fingerprint density at radius 3 is 2.29 bits per heavy atom. The molecule has 5 heteroatoms. The molecule has 160 valence electrons. The van der Waals surface area contributed by atoms with Crippen molar-refractivity contribution in [2.75, 3.05) is 19.6 Å². The summed E-state index contributed by atoms with van der Waals surface area (Å²) in [6.45, 7) is 10.6. The van der Waals surface area contributed by atoms with Crippen molar-refractivity contribution in [2.45, 2.75) is 12.8 Å². The number of para-hydroxylation sites is 1. The minimum absolute atomic E-state index is 0.0843. The van der Waals surface area contributed by atoms with Gasteiger partial charge in [0.25, 0.3) is 0 Å². The molecular weight excluding hydrogens is 390 g/mol. The van der Waals surface area contributed by atoms with Crippen LogP contribution in [0.3, 0.4) is 0 Å². The van der Waals surface area contributed by atoms with E-state index in [1.54, 1.807) is 36.4 Å². The zero-order chi connectivity index (χ0) is 22.4. The Bertz CT molecular complexity index is 1120. The zero-order valence-corrected chi connectivity index (χ0v) is 17.7. The SMILES string of the molecule is C=CCN(CC=C)C[C@@H](C(C)=O)[C@H](c1ccccc1)c1c(O)c2ccccc2oc1=O. The molecule has 3 aromatic rings. The summed E-state index contributed by atoms with van der Waals surface area (Å²) in [4.78, 5) is 27.9. The highest BCUT2D eigenvalue weighted by atomic mass is 16.4. The Balaban J connectivity index is 2.22. The summed E-state index contributed by atoms with van der Waals surface area (Å²) in [5.74, 6) is -1.49. The number of hydrogen-bond donors (Lipinski definition) is 1. The predicted molar refractivity (Wildman–Crippen MR) is 123 cm³/mol. The maximum absolute atomic E-state index is 13.0. The van der Waals surface area contributed by atoms with Crippen molar-refractivity contribution in [3.05, 3.63) is 101 Å². The molecule has 5 nitrogen and oxygen atoms in total. The number of rotatable bonds is 10. The first-order valence-corrected chi connectivity index (χ1v) is 10.2. The molecule has 0 bridgehead atoms. The quantitative estimate of drug-likeness (QED) is 0.388. The van der Waals surface area contributed by atoms with E-state index in [1.165, 1.54) is 6.92 Å². The van der Waals surface area contributed by atoms with Gasteiger partial charge in [0, 0.05) is 31.5 Å². The van der Waals surface area contributed by atoms with Crippen molar-refractivity contribution in [3.63, 3.8) is 0 Å². The molecule has 31 heavy (non-hydrogen) atoms. The highest BCUT2D eigenvalue weighted by Gasteiger charge is 2.35. The Hall–Kier alpha value is -3.44. The number of fused-ring (bicyclic) bond motifs is 1. The highest BCUT2D eigenvalue weighted by molar-refractivity contribution is 5.86. The van der Waals surface area contributed by atoms with Crippen LogP contribution in [-0.4, -0.2) is 35.4 Å². The average Bonchev–Trinajstić information content (AvgIpc) is 2.76. The van der Waals surface area contributed by atoms with Crippen LogP contribution >= 0.6 is 0 Å². The molecule has 2 atom stereocenters. The molecule has 3 rings (SSSR count). The van der Waals surface area contributed by atoms with E-state index in [0.717, 1.165) is 5.56 Å². The van der Waals surface area contributed by atoms with Crippen LogP contribution in [-0.2, 0) is 4.79 Å². The molecule has 1 aromatic heterocycles. The lowest BCUT2D eigenvalue weighted by molar-refractivity contribution is -0.121. The normalized spacial score (nSPS) is 13.1. The van der Waals surface area contributed by atoms with Crippen LogP contribution in [0.25, 0.3) is 11.0 Å². The minimum atomic E-state index is -0.670. The van der Waals surface area contributed by atoms with Crippen molar-refractivity contribution < 1.29 is 14.3 Å². The zero-order valence-electron chi connectivity index (χ0n) is 17.7. The minimum Gasteiger partial charge on any atom is -0.507 e. The monoisotopic (exact) mass is 417 g/mol. The van der Waals surface area contributed by atoms with Crippen LogP contribution < -0.4 is 5.63 Å². The number of carbonyl (C=O) groups is 1. The summed E-state index contributed by atoms with van der Waals surface area (Å²) in [7, 11) is 0. The third kappa shape index (κ3) is 4.84. The van der Waals surface area contributed by atoms with E-state index in [-0.39, 0.29) is 17.1 Å². The van der Waals surface area contributed by atoms with Crippen LogP contribution in [0.4, 0.5) is 0 Å². The van der Waals surface area contributed by atoms with Gasteiger partial charge in [-0.3, -0.25) is 9.69 Å². The summed E-state index contributed by atoms with van der Waals surface area (Å²) in [5, 5.41) is 11.6. The van der Waals surface area contributed by atoms with Crippen molar-refractivity contribution in [1.29, 1.82) is 0 Å². The van der Waals surface area contributed by atoms with Crippen LogP contribution in [0.1, 0.15) is 24.0 Å². The maximum Gasteiger partial charge on any atom is 0.343 e. The van der Waals surface area contributed by atoms with Crippen LogP contribution in [0.2, 0.25) is 0 Å². The van der Waals surface area contributed by atoms with E-state index >= 15 is 0 Å². The van der Waals surface area contributed by atoms with Gasteiger partial charge in [0.05, 0.1) is 10.9 Å². The summed E-state index contributed by atoms with van der Waals surface area (Å²) < 4.78 is 5.53. The third-order valence-corrected chi connectivity index (χ3v) is 5.44. The second-order valence-electron chi connectivity index (χ2n) is 7.55. The van der Waals surface area contributed by atoms with Gasteiger partial charge in [-0.25, -0.2) is 4.79 Å². The van der Waals surface area contributed by atoms with Crippen molar-refractivity contribution in [2.24, 2.45) is 5.92 Å². The van der Waals surface area contributed by atoms with E-state index in [2.05, 4.69) is 13.2 Å². The van der Waals surface area contributed by atoms with Crippen LogP contribution in [0.15, 0.2) is 89.1 Å². The van der Waals surface area contributed by atoms with Gasteiger partial charge in [-0.2, -0.15) is 0 Å². The molecule has 0 radical (unpaired) electrons. The summed E-state index contributed by atoms with van der Waals surface area (Å²) in [6.07, 6.45) is 3.53. The first-order chi connectivity index (χ1) is 15.0. The van der Waals surface area contributed by atoms with Crippen molar-refractivity contribution in [3.8, 4) is 5.75 Å². The molecule has 0 unspecified atom stereocenters. The fraction of sp³-hybridized carbons (Fsp3) is 0.231. The number of nitrogens with zero attached hydrogens (tertiary/aromatic N) is 1. The van der Waals surface area contributed by atoms with Gasteiger partial charge in [0.15, 0.2) is 0 Å².